The van der Waals surface area contributed by atoms with Crippen LogP contribution in [0, 0.1) is 0 Å². The van der Waals surface area contributed by atoms with Gasteiger partial charge in [-0.1, -0.05) is 96.6 Å². The van der Waals surface area contributed by atoms with Gasteiger partial charge < -0.3 is 4.90 Å². The fraction of sp³-hybridized carbons (Fsp3) is 0.0968. The third-order valence-electron chi connectivity index (χ3n) is 6.09. The van der Waals surface area contributed by atoms with Gasteiger partial charge in [-0.25, -0.2) is 0 Å². The van der Waals surface area contributed by atoms with Crippen LogP contribution in [0.3, 0.4) is 0 Å². The van der Waals surface area contributed by atoms with Crippen LogP contribution in [0.1, 0.15) is 19.8 Å². The molecule has 0 fully saturated rings. The summed E-state index contributed by atoms with van der Waals surface area (Å²) in [5.74, 6) is 0. The molecule has 1 aliphatic carbocycles. The van der Waals surface area contributed by atoms with E-state index in [-0.39, 0.29) is 0 Å². The fourth-order valence-corrected chi connectivity index (χ4v) is 4.26. The number of nitrogens with zero attached hydrogens (tertiary/aromatic N) is 1. The highest BCUT2D eigenvalue weighted by atomic mass is 15.1. The number of hydrogen-bond donors (Lipinski definition) is 0. The summed E-state index contributed by atoms with van der Waals surface area (Å²) in [6, 6.07) is 38.9. The Labute approximate surface area is 191 Å². The molecule has 0 N–H and O–H groups in total. The molecular weight excluding hydrogens is 386 g/mol. The predicted molar refractivity (Wildman–Crippen MR) is 137 cm³/mol. The second kappa shape index (κ2) is 9.11. The van der Waals surface area contributed by atoms with Crippen LogP contribution in [0.2, 0.25) is 0 Å². The van der Waals surface area contributed by atoms with Crippen LogP contribution in [-0.4, -0.2) is 0 Å². The van der Waals surface area contributed by atoms with Crippen molar-refractivity contribution in [3.8, 4) is 22.3 Å². The highest BCUT2D eigenvalue weighted by Crippen LogP contribution is 2.36. The van der Waals surface area contributed by atoms with Crippen molar-refractivity contribution in [1.82, 2.24) is 0 Å². The molecule has 0 aromatic heterocycles. The molecule has 32 heavy (non-hydrogen) atoms. The summed E-state index contributed by atoms with van der Waals surface area (Å²) in [6.45, 7) is 2.21. The van der Waals surface area contributed by atoms with Crippen molar-refractivity contribution in [2.45, 2.75) is 19.8 Å². The fourth-order valence-electron chi connectivity index (χ4n) is 4.26. The maximum absolute atomic E-state index is 2.40. The first-order chi connectivity index (χ1) is 15.8. The van der Waals surface area contributed by atoms with Crippen molar-refractivity contribution >= 4 is 11.4 Å². The lowest BCUT2D eigenvalue weighted by atomic mass is 10.0. The highest BCUT2D eigenvalue weighted by Gasteiger charge is 2.17. The standard InChI is InChI=1S/C31H27N/c1-24-12-18-29(19-13-24)32(30-20-14-27(15-21-30)25-8-4-2-5-9-25)31-22-16-28(17-23-31)26-10-6-3-7-11-26/h2-12,14-18,20-23H,13,19H2,1H3. The Morgan fingerprint density at radius 3 is 1.31 bits per heavy atom. The lowest BCUT2D eigenvalue weighted by Gasteiger charge is -2.30. The minimum atomic E-state index is 1.04. The normalized spacial score (nSPS) is 13.3. The number of benzene rings is 4. The lowest BCUT2D eigenvalue weighted by Crippen LogP contribution is -2.17. The van der Waals surface area contributed by atoms with Gasteiger partial charge >= 0.3 is 0 Å². The summed E-state index contributed by atoms with van der Waals surface area (Å²) in [6.07, 6.45) is 6.67. The Bertz CT molecular complexity index is 1150. The molecule has 0 unspecified atom stereocenters. The maximum atomic E-state index is 2.40. The smallest absolute Gasteiger partial charge is 0.0458 e. The van der Waals surface area contributed by atoms with Crippen LogP contribution in [0.4, 0.5) is 11.4 Å². The van der Waals surface area contributed by atoms with Crippen LogP contribution >= 0.6 is 0 Å². The maximum Gasteiger partial charge on any atom is 0.0458 e. The van der Waals surface area contributed by atoms with Crippen molar-refractivity contribution in [1.29, 1.82) is 0 Å². The zero-order valence-corrected chi connectivity index (χ0v) is 18.4. The van der Waals surface area contributed by atoms with Crippen LogP contribution in [-0.2, 0) is 0 Å². The van der Waals surface area contributed by atoms with Gasteiger partial charge in [0, 0.05) is 17.1 Å². The van der Waals surface area contributed by atoms with E-state index in [1.54, 1.807) is 0 Å². The molecule has 0 spiro atoms. The number of rotatable bonds is 5. The number of allylic oxidation sites excluding steroid dienone is 4. The van der Waals surface area contributed by atoms with Gasteiger partial charge in [-0.15, -0.1) is 0 Å². The predicted octanol–water partition coefficient (Wildman–Crippen LogP) is 8.78. The Balaban J connectivity index is 1.52. The average molecular weight is 414 g/mol. The second-order valence-corrected chi connectivity index (χ2v) is 8.33. The van der Waals surface area contributed by atoms with Gasteiger partial charge in [0.25, 0.3) is 0 Å². The molecule has 0 saturated carbocycles. The topological polar surface area (TPSA) is 3.24 Å². The van der Waals surface area contributed by atoms with Crippen LogP contribution in [0.15, 0.2) is 133 Å². The molecule has 1 nitrogen and oxygen atoms in total. The van der Waals surface area contributed by atoms with E-state index in [0.717, 1.165) is 12.8 Å². The molecule has 0 saturated heterocycles. The van der Waals surface area contributed by atoms with Crippen molar-refractivity contribution in [2.24, 2.45) is 0 Å². The Morgan fingerprint density at radius 1 is 0.469 bits per heavy atom. The molecule has 0 atom stereocenters. The zero-order chi connectivity index (χ0) is 21.8. The van der Waals surface area contributed by atoms with Gasteiger partial charge in [-0.2, -0.15) is 0 Å². The second-order valence-electron chi connectivity index (χ2n) is 8.33. The summed E-state index contributed by atoms with van der Waals surface area (Å²) in [7, 11) is 0. The van der Waals surface area contributed by atoms with E-state index in [2.05, 4.69) is 133 Å². The lowest BCUT2D eigenvalue weighted by molar-refractivity contribution is 0.875. The van der Waals surface area contributed by atoms with Crippen LogP contribution in [0.5, 0.6) is 0 Å². The van der Waals surface area contributed by atoms with Gasteiger partial charge in [0.2, 0.25) is 0 Å². The van der Waals surface area contributed by atoms with Gasteiger partial charge in [0.05, 0.1) is 0 Å². The molecule has 0 bridgehead atoms. The first-order valence-electron chi connectivity index (χ1n) is 11.3. The Kier molecular flexibility index (Phi) is 5.72. The largest absolute Gasteiger partial charge is 0.314 e. The quantitative estimate of drug-likeness (QED) is 0.316. The van der Waals surface area contributed by atoms with Crippen molar-refractivity contribution in [3.05, 3.63) is 133 Å². The van der Waals surface area contributed by atoms with E-state index < -0.39 is 0 Å². The minimum Gasteiger partial charge on any atom is -0.314 e. The summed E-state index contributed by atoms with van der Waals surface area (Å²) in [5.41, 5.74) is 10.1. The molecule has 5 rings (SSSR count). The number of anilines is 2. The van der Waals surface area contributed by atoms with Crippen molar-refractivity contribution in [2.75, 3.05) is 4.90 Å². The average Bonchev–Trinajstić information content (AvgIpc) is 2.87. The molecule has 4 aromatic rings. The SMILES string of the molecule is CC1=CC=C(N(c2ccc(-c3ccccc3)cc2)c2ccc(-c3ccccc3)cc2)CC1. The van der Waals surface area contributed by atoms with Crippen LogP contribution < -0.4 is 4.90 Å². The molecule has 4 aromatic carbocycles. The monoisotopic (exact) mass is 413 g/mol. The Hall–Kier alpha value is -3.84. The molecule has 0 radical (unpaired) electrons. The van der Waals surface area contributed by atoms with Gasteiger partial charge in [-0.3, -0.25) is 0 Å². The molecule has 0 aliphatic heterocycles. The zero-order valence-electron chi connectivity index (χ0n) is 18.4. The summed E-state index contributed by atoms with van der Waals surface area (Å²) in [5, 5.41) is 0. The molecule has 156 valence electrons. The van der Waals surface area contributed by atoms with E-state index in [4.69, 9.17) is 0 Å². The minimum absolute atomic E-state index is 1.04. The first-order valence-corrected chi connectivity index (χ1v) is 11.3. The molecular formula is C31H27N. The van der Waals surface area contributed by atoms with Gasteiger partial charge in [0.1, 0.15) is 0 Å². The van der Waals surface area contributed by atoms with E-state index in [1.807, 2.05) is 0 Å². The molecule has 1 aliphatic rings. The third kappa shape index (κ3) is 4.29. The third-order valence-corrected chi connectivity index (χ3v) is 6.09. The number of hydrogen-bond acceptors (Lipinski definition) is 1. The highest BCUT2D eigenvalue weighted by molar-refractivity contribution is 5.75. The Morgan fingerprint density at radius 2 is 0.906 bits per heavy atom. The van der Waals surface area contributed by atoms with Gasteiger partial charge in [0.15, 0.2) is 0 Å². The van der Waals surface area contributed by atoms with Crippen LogP contribution in [0.25, 0.3) is 22.3 Å². The first kappa shape index (κ1) is 20.1. The summed E-state index contributed by atoms with van der Waals surface area (Å²) in [4.78, 5) is 2.40. The van der Waals surface area contributed by atoms with Crippen molar-refractivity contribution < 1.29 is 0 Å². The van der Waals surface area contributed by atoms with E-state index in [1.165, 1.54) is 44.9 Å². The van der Waals surface area contributed by atoms with E-state index in [9.17, 15) is 0 Å². The molecule has 1 heteroatoms. The summed E-state index contributed by atoms with van der Waals surface area (Å²) < 4.78 is 0. The van der Waals surface area contributed by atoms with E-state index in [0.29, 0.717) is 0 Å². The summed E-state index contributed by atoms with van der Waals surface area (Å²) >= 11 is 0. The molecule has 0 heterocycles. The molecule has 0 amide bonds. The van der Waals surface area contributed by atoms with Gasteiger partial charge in [-0.05, 0) is 72.4 Å². The van der Waals surface area contributed by atoms with E-state index >= 15 is 0 Å². The van der Waals surface area contributed by atoms with Crippen molar-refractivity contribution in [3.63, 3.8) is 0 Å².